The fourth-order valence-electron chi connectivity index (χ4n) is 2.60. The first kappa shape index (κ1) is 15.9. The second-order valence-corrected chi connectivity index (χ2v) is 5.58. The van der Waals surface area contributed by atoms with Crippen LogP contribution in [0.3, 0.4) is 0 Å². The van der Waals surface area contributed by atoms with Gasteiger partial charge in [0.25, 0.3) is 0 Å². The van der Waals surface area contributed by atoms with Crippen molar-refractivity contribution in [3.8, 4) is 5.75 Å². The Morgan fingerprint density at radius 2 is 1.67 bits per heavy atom. The smallest absolute Gasteiger partial charge is 0.337 e. The number of para-hydroxylation sites is 1. The number of piperazine rings is 1. The average molecular weight is 324 g/mol. The SMILES string of the molecule is O=C(NN=Cc1ccc(O)cc1)N1CCN(c2ccccc2)CC1. The number of benzene rings is 2. The molecule has 0 bridgehead atoms. The molecular formula is C18H20N4O2. The predicted molar refractivity (Wildman–Crippen MR) is 94.5 cm³/mol. The minimum absolute atomic E-state index is 0.197. The van der Waals surface area contributed by atoms with Crippen LogP contribution in [0.1, 0.15) is 5.56 Å². The van der Waals surface area contributed by atoms with Crippen molar-refractivity contribution in [3.05, 3.63) is 60.2 Å². The van der Waals surface area contributed by atoms with Crippen molar-refractivity contribution in [2.24, 2.45) is 5.10 Å². The lowest BCUT2D eigenvalue weighted by Crippen LogP contribution is -2.51. The van der Waals surface area contributed by atoms with Gasteiger partial charge >= 0.3 is 6.03 Å². The van der Waals surface area contributed by atoms with Crippen LogP contribution in [0, 0.1) is 0 Å². The van der Waals surface area contributed by atoms with E-state index >= 15 is 0 Å². The summed E-state index contributed by atoms with van der Waals surface area (Å²) in [5, 5.41) is 13.2. The number of phenolic OH excluding ortho intramolecular Hbond substituents is 1. The van der Waals surface area contributed by atoms with Crippen molar-refractivity contribution in [1.82, 2.24) is 10.3 Å². The lowest BCUT2D eigenvalue weighted by Gasteiger charge is -2.35. The Hall–Kier alpha value is -3.02. The highest BCUT2D eigenvalue weighted by Gasteiger charge is 2.20. The zero-order valence-electron chi connectivity index (χ0n) is 13.3. The van der Waals surface area contributed by atoms with Gasteiger partial charge < -0.3 is 14.9 Å². The van der Waals surface area contributed by atoms with Crippen molar-refractivity contribution in [3.63, 3.8) is 0 Å². The molecule has 0 aliphatic carbocycles. The van der Waals surface area contributed by atoms with Gasteiger partial charge in [-0.2, -0.15) is 5.10 Å². The molecule has 2 amide bonds. The highest BCUT2D eigenvalue weighted by Crippen LogP contribution is 2.15. The number of rotatable bonds is 3. The van der Waals surface area contributed by atoms with E-state index in [4.69, 9.17) is 0 Å². The number of hydrogen-bond donors (Lipinski definition) is 2. The van der Waals surface area contributed by atoms with Gasteiger partial charge in [-0.1, -0.05) is 18.2 Å². The van der Waals surface area contributed by atoms with Crippen LogP contribution < -0.4 is 10.3 Å². The first-order valence-electron chi connectivity index (χ1n) is 7.89. The van der Waals surface area contributed by atoms with Crippen molar-refractivity contribution < 1.29 is 9.90 Å². The molecule has 24 heavy (non-hydrogen) atoms. The van der Waals surface area contributed by atoms with Gasteiger partial charge in [0.15, 0.2) is 0 Å². The van der Waals surface area contributed by atoms with Crippen LogP contribution in [-0.4, -0.2) is 48.4 Å². The van der Waals surface area contributed by atoms with E-state index in [1.165, 1.54) is 5.69 Å². The van der Waals surface area contributed by atoms with Gasteiger partial charge in [-0.3, -0.25) is 0 Å². The van der Waals surface area contributed by atoms with Gasteiger partial charge in [-0.25, -0.2) is 10.2 Å². The first-order valence-corrected chi connectivity index (χ1v) is 7.89. The van der Waals surface area contributed by atoms with Crippen LogP contribution in [0.25, 0.3) is 0 Å². The second kappa shape index (κ2) is 7.50. The van der Waals surface area contributed by atoms with Crippen molar-refractivity contribution in [2.45, 2.75) is 0 Å². The molecule has 0 unspecified atom stereocenters. The predicted octanol–water partition coefficient (Wildman–Crippen LogP) is 2.26. The summed E-state index contributed by atoms with van der Waals surface area (Å²) in [5.41, 5.74) is 4.54. The van der Waals surface area contributed by atoms with E-state index in [0.29, 0.717) is 13.1 Å². The van der Waals surface area contributed by atoms with Crippen LogP contribution in [-0.2, 0) is 0 Å². The molecule has 0 spiro atoms. The molecule has 1 aliphatic heterocycles. The van der Waals surface area contributed by atoms with Crippen molar-refractivity contribution >= 4 is 17.9 Å². The maximum Gasteiger partial charge on any atom is 0.337 e. The summed E-state index contributed by atoms with van der Waals surface area (Å²) in [7, 11) is 0. The number of aromatic hydroxyl groups is 1. The van der Waals surface area contributed by atoms with E-state index in [1.54, 1.807) is 35.4 Å². The van der Waals surface area contributed by atoms with Crippen LogP contribution in [0.5, 0.6) is 5.75 Å². The zero-order chi connectivity index (χ0) is 16.8. The van der Waals surface area contributed by atoms with Gasteiger partial charge in [0.05, 0.1) is 6.21 Å². The molecule has 124 valence electrons. The Morgan fingerprint density at radius 3 is 2.33 bits per heavy atom. The maximum absolute atomic E-state index is 12.1. The molecule has 1 heterocycles. The Kier molecular flexibility index (Phi) is 4.96. The van der Waals surface area contributed by atoms with Crippen LogP contribution >= 0.6 is 0 Å². The third-order valence-corrected chi connectivity index (χ3v) is 3.96. The van der Waals surface area contributed by atoms with Gasteiger partial charge in [0, 0.05) is 31.9 Å². The van der Waals surface area contributed by atoms with Crippen LogP contribution in [0.4, 0.5) is 10.5 Å². The molecule has 6 heteroatoms. The molecule has 1 aliphatic rings. The molecule has 2 aromatic carbocycles. The van der Waals surface area contributed by atoms with Crippen molar-refractivity contribution in [2.75, 3.05) is 31.1 Å². The minimum Gasteiger partial charge on any atom is -0.508 e. The number of urea groups is 1. The monoisotopic (exact) mass is 324 g/mol. The summed E-state index contributed by atoms with van der Waals surface area (Å²) >= 11 is 0. The third-order valence-electron chi connectivity index (χ3n) is 3.96. The van der Waals surface area contributed by atoms with Gasteiger partial charge in [-0.05, 0) is 42.0 Å². The number of carbonyl (C=O) groups is 1. The fraction of sp³-hybridized carbons (Fsp3) is 0.222. The van der Waals surface area contributed by atoms with E-state index in [1.807, 2.05) is 18.2 Å². The summed E-state index contributed by atoms with van der Waals surface area (Å²) < 4.78 is 0. The van der Waals surface area contributed by atoms with Gasteiger partial charge in [-0.15, -0.1) is 0 Å². The summed E-state index contributed by atoms with van der Waals surface area (Å²) in [6.45, 7) is 2.93. The van der Waals surface area contributed by atoms with Crippen LogP contribution in [0.15, 0.2) is 59.7 Å². The lowest BCUT2D eigenvalue weighted by atomic mass is 10.2. The maximum atomic E-state index is 12.1. The molecule has 1 saturated heterocycles. The quantitative estimate of drug-likeness (QED) is 0.672. The number of hydrazone groups is 1. The van der Waals surface area contributed by atoms with E-state index in [-0.39, 0.29) is 11.8 Å². The van der Waals surface area contributed by atoms with Crippen LogP contribution in [0.2, 0.25) is 0 Å². The molecule has 0 aromatic heterocycles. The van der Waals surface area contributed by atoms with Gasteiger partial charge in [0.2, 0.25) is 0 Å². The van der Waals surface area contributed by atoms with Crippen molar-refractivity contribution in [1.29, 1.82) is 0 Å². The normalized spacial score (nSPS) is 14.8. The average Bonchev–Trinajstić information content (AvgIpc) is 2.64. The summed E-state index contributed by atoms with van der Waals surface area (Å²) in [6.07, 6.45) is 1.55. The molecule has 3 rings (SSSR count). The van der Waals surface area contributed by atoms with E-state index < -0.39 is 0 Å². The highest BCUT2D eigenvalue weighted by atomic mass is 16.3. The van der Waals surface area contributed by atoms with E-state index in [2.05, 4.69) is 27.6 Å². The molecule has 2 aromatic rings. The molecule has 6 nitrogen and oxygen atoms in total. The Balaban J connectivity index is 1.47. The third kappa shape index (κ3) is 4.04. The topological polar surface area (TPSA) is 68.2 Å². The Morgan fingerprint density at radius 1 is 1.00 bits per heavy atom. The number of phenols is 1. The molecular weight excluding hydrogens is 304 g/mol. The summed E-state index contributed by atoms with van der Waals surface area (Å²) in [4.78, 5) is 16.2. The molecule has 1 fully saturated rings. The lowest BCUT2D eigenvalue weighted by molar-refractivity contribution is 0.195. The number of amides is 2. The second-order valence-electron chi connectivity index (χ2n) is 5.58. The number of nitrogens with zero attached hydrogens (tertiary/aromatic N) is 3. The molecule has 0 atom stereocenters. The summed E-state index contributed by atoms with van der Waals surface area (Å²) in [5.74, 6) is 0.201. The fourth-order valence-corrected chi connectivity index (χ4v) is 2.60. The highest BCUT2D eigenvalue weighted by molar-refractivity contribution is 5.82. The molecule has 2 N–H and O–H groups in total. The molecule has 0 radical (unpaired) electrons. The number of carbonyl (C=O) groups excluding carboxylic acids is 1. The molecule has 0 saturated carbocycles. The Labute approximate surface area is 141 Å². The Bertz CT molecular complexity index is 693. The largest absolute Gasteiger partial charge is 0.508 e. The standard InChI is InChI=1S/C18H20N4O2/c23-17-8-6-15(7-9-17)14-19-20-18(24)22-12-10-21(11-13-22)16-4-2-1-3-5-16/h1-9,14,23H,10-13H2,(H,20,24). The summed E-state index contributed by atoms with van der Waals surface area (Å²) in [6, 6.07) is 16.6. The van der Waals surface area contributed by atoms with E-state index in [0.717, 1.165) is 18.7 Å². The van der Waals surface area contributed by atoms with Gasteiger partial charge in [0.1, 0.15) is 5.75 Å². The first-order chi connectivity index (χ1) is 11.7. The zero-order valence-corrected chi connectivity index (χ0v) is 13.3. The minimum atomic E-state index is -0.197. The number of anilines is 1. The number of nitrogens with one attached hydrogen (secondary N) is 1. The van der Waals surface area contributed by atoms with E-state index in [9.17, 15) is 9.90 Å². The number of hydrogen-bond acceptors (Lipinski definition) is 4.